The Bertz CT molecular complexity index is 1630. The standard InChI is InChI=1S/C33H32F2N6O4/c1-37-28(17-34)32(43)39-31-33(44)41(29(19-38-31)24-4-2-3-21(13-24)18-36)20-22-14-25(30(42)23-5-7-26(35)8-6-23)16-27(15-22)40-9-11-45-12-10-40/h2-8,13-16,19,28-29,31,37H,9-12,17,20H2,1H3,(H,39,43)/t28?,29?,31-/m1/s1. The van der Waals surface area contributed by atoms with Gasteiger partial charge in [0.2, 0.25) is 12.1 Å². The average molecular weight is 615 g/mol. The number of hydrogen-bond acceptors (Lipinski definition) is 8. The Morgan fingerprint density at radius 2 is 1.84 bits per heavy atom. The van der Waals surface area contributed by atoms with E-state index in [0.717, 1.165) is 5.69 Å². The Hall–Kier alpha value is -4.99. The molecule has 2 aliphatic rings. The number of ketones is 1. The zero-order chi connectivity index (χ0) is 31.9. The zero-order valence-electron chi connectivity index (χ0n) is 24.6. The molecular formula is C33H32F2N6O4. The molecule has 2 N–H and O–H groups in total. The molecule has 3 aromatic rings. The number of amides is 2. The molecule has 1 saturated heterocycles. The summed E-state index contributed by atoms with van der Waals surface area (Å²) in [6.45, 7) is 1.26. The predicted molar refractivity (Wildman–Crippen MR) is 163 cm³/mol. The number of ether oxygens (including phenoxy) is 1. The number of nitrogens with zero attached hydrogens (tertiary/aromatic N) is 4. The lowest BCUT2D eigenvalue weighted by Gasteiger charge is -2.36. The highest BCUT2D eigenvalue weighted by atomic mass is 19.1. The summed E-state index contributed by atoms with van der Waals surface area (Å²) in [5.74, 6) is -2.04. The topological polar surface area (TPSA) is 127 Å². The maximum Gasteiger partial charge on any atom is 0.268 e. The molecule has 3 aromatic carbocycles. The lowest BCUT2D eigenvalue weighted by molar-refractivity contribution is -0.139. The van der Waals surface area contributed by atoms with E-state index >= 15 is 0 Å². The molecule has 2 heterocycles. The number of alkyl halides is 1. The number of anilines is 1. The molecule has 232 valence electrons. The lowest BCUT2D eigenvalue weighted by Crippen LogP contribution is -2.55. The first-order valence-electron chi connectivity index (χ1n) is 14.5. The quantitative estimate of drug-likeness (QED) is 0.336. The van der Waals surface area contributed by atoms with Gasteiger partial charge in [-0.05, 0) is 72.8 Å². The van der Waals surface area contributed by atoms with E-state index in [9.17, 15) is 28.4 Å². The minimum atomic E-state index is -1.31. The second-order valence-corrected chi connectivity index (χ2v) is 10.7. The molecule has 10 nitrogen and oxygen atoms in total. The van der Waals surface area contributed by atoms with Gasteiger partial charge in [-0.2, -0.15) is 5.26 Å². The molecule has 0 saturated carbocycles. The van der Waals surface area contributed by atoms with Crippen LogP contribution in [0.25, 0.3) is 0 Å². The molecule has 45 heavy (non-hydrogen) atoms. The number of rotatable bonds is 10. The van der Waals surface area contributed by atoms with Crippen molar-refractivity contribution in [1.82, 2.24) is 15.5 Å². The van der Waals surface area contributed by atoms with E-state index in [1.54, 1.807) is 36.4 Å². The van der Waals surface area contributed by atoms with E-state index in [-0.39, 0.29) is 12.3 Å². The third-order valence-electron chi connectivity index (χ3n) is 7.76. The van der Waals surface area contributed by atoms with Crippen LogP contribution in [0.15, 0.2) is 71.7 Å². The number of hydrogen-bond donors (Lipinski definition) is 2. The van der Waals surface area contributed by atoms with E-state index in [2.05, 4.69) is 26.6 Å². The second kappa shape index (κ2) is 14.2. The Labute approximate surface area is 259 Å². The summed E-state index contributed by atoms with van der Waals surface area (Å²) in [4.78, 5) is 48.1. The van der Waals surface area contributed by atoms with Gasteiger partial charge in [-0.25, -0.2) is 8.78 Å². The number of carbonyl (C=O) groups is 3. The third kappa shape index (κ3) is 7.22. The number of halogens is 2. The van der Waals surface area contributed by atoms with Gasteiger partial charge in [0, 0.05) is 42.7 Å². The first-order valence-corrected chi connectivity index (χ1v) is 14.5. The van der Waals surface area contributed by atoms with Crippen LogP contribution in [0.5, 0.6) is 0 Å². The van der Waals surface area contributed by atoms with Crippen molar-refractivity contribution >= 4 is 29.5 Å². The molecular weight excluding hydrogens is 582 g/mol. The second-order valence-electron chi connectivity index (χ2n) is 10.7. The monoisotopic (exact) mass is 614 g/mol. The Morgan fingerprint density at radius 3 is 2.53 bits per heavy atom. The van der Waals surface area contributed by atoms with Crippen LogP contribution in [0.2, 0.25) is 0 Å². The summed E-state index contributed by atoms with van der Waals surface area (Å²) < 4.78 is 32.5. The molecule has 0 bridgehead atoms. The summed E-state index contributed by atoms with van der Waals surface area (Å²) in [5, 5.41) is 14.6. The third-order valence-corrected chi connectivity index (χ3v) is 7.76. The summed E-state index contributed by atoms with van der Waals surface area (Å²) in [7, 11) is 1.44. The maximum atomic E-state index is 14.0. The van der Waals surface area contributed by atoms with Crippen LogP contribution in [0.1, 0.15) is 38.7 Å². The van der Waals surface area contributed by atoms with Crippen molar-refractivity contribution in [2.75, 3.05) is 44.9 Å². The van der Waals surface area contributed by atoms with Crippen molar-refractivity contribution in [2.24, 2.45) is 4.99 Å². The van der Waals surface area contributed by atoms with Crippen LogP contribution < -0.4 is 15.5 Å². The van der Waals surface area contributed by atoms with Gasteiger partial charge in [-0.1, -0.05) is 12.1 Å². The van der Waals surface area contributed by atoms with E-state index < -0.39 is 42.6 Å². The van der Waals surface area contributed by atoms with Gasteiger partial charge >= 0.3 is 0 Å². The minimum Gasteiger partial charge on any atom is -0.378 e. The van der Waals surface area contributed by atoms with Gasteiger partial charge in [0.25, 0.3) is 5.91 Å². The van der Waals surface area contributed by atoms with Gasteiger partial charge in [0.15, 0.2) is 5.78 Å². The van der Waals surface area contributed by atoms with Gasteiger partial charge in [-0.3, -0.25) is 19.4 Å². The van der Waals surface area contributed by atoms with E-state index in [0.29, 0.717) is 54.1 Å². The molecule has 3 atom stereocenters. The van der Waals surface area contributed by atoms with E-state index in [1.807, 2.05) is 6.07 Å². The molecule has 0 aromatic heterocycles. The van der Waals surface area contributed by atoms with Crippen LogP contribution in [0.4, 0.5) is 14.5 Å². The summed E-state index contributed by atoms with van der Waals surface area (Å²) in [5.41, 5.74) is 3.06. The van der Waals surface area contributed by atoms with Crippen molar-refractivity contribution in [2.45, 2.75) is 24.8 Å². The van der Waals surface area contributed by atoms with Crippen LogP contribution in [-0.2, 0) is 20.9 Å². The van der Waals surface area contributed by atoms with Crippen molar-refractivity contribution in [3.8, 4) is 6.07 Å². The van der Waals surface area contributed by atoms with Crippen LogP contribution in [0.3, 0.4) is 0 Å². The zero-order valence-corrected chi connectivity index (χ0v) is 24.6. The van der Waals surface area contributed by atoms with Crippen molar-refractivity contribution < 1.29 is 27.9 Å². The fraction of sp³-hybridized carbons (Fsp3) is 0.303. The fourth-order valence-corrected chi connectivity index (χ4v) is 5.32. The van der Waals surface area contributed by atoms with Gasteiger partial charge < -0.3 is 25.2 Å². The first kappa shape index (κ1) is 31.4. The Balaban J connectivity index is 1.54. The van der Waals surface area contributed by atoms with Crippen molar-refractivity contribution in [1.29, 1.82) is 5.26 Å². The number of nitriles is 1. The first-order chi connectivity index (χ1) is 21.8. The number of nitrogens with one attached hydrogen (secondary N) is 2. The maximum absolute atomic E-state index is 14.0. The smallest absolute Gasteiger partial charge is 0.268 e. The highest BCUT2D eigenvalue weighted by Gasteiger charge is 2.36. The molecule has 1 fully saturated rings. The molecule has 2 unspecified atom stereocenters. The molecule has 0 aliphatic carbocycles. The highest BCUT2D eigenvalue weighted by Crippen LogP contribution is 2.29. The number of aliphatic imine (C=N–C) groups is 1. The molecule has 2 aliphatic heterocycles. The number of likely N-dealkylation sites (N-methyl/N-ethyl adjacent to an activating group) is 1. The molecule has 2 amide bonds. The average Bonchev–Trinajstić information content (AvgIpc) is 3.07. The minimum absolute atomic E-state index is 0.0130. The largest absolute Gasteiger partial charge is 0.378 e. The van der Waals surface area contributed by atoms with Gasteiger partial charge in [-0.15, -0.1) is 0 Å². The highest BCUT2D eigenvalue weighted by molar-refractivity contribution is 6.09. The number of benzene rings is 3. The molecule has 0 spiro atoms. The summed E-state index contributed by atoms with van der Waals surface area (Å²) in [6, 6.07) is 17.7. The van der Waals surface area contributed by atoms with Gasteiger partial charge in [0.1, 0.15) is 18.5 Å². The molecule has 12 heteroatoms. The molecule has 0 radical (unpaired) electrons. The van der Waals surface area contributed by atoms with E-state index in [1.165, 1.54) is 42.4 Å². The fourth-order valence-electron chi connectivity index (χ4n) is 5.32. The number of carbonyl (C=O) groups excluding carboxylic acids is 3. The van der Waals surface area contributed by atoms with Crippen LogP contribution >= 0.6 is 0 Å². The van der Waals surface area contributed by atoms with Gasteiger partial charge in [0.05, 0.1) is 30.9 Å². The van der Waals surface area contributed by atoms with Crippen molar-refractivity contribution in [3.63, 3.8) is 0 Å². The Kier molecular flexibility index (Phi) is 9.92. The predicted octanol–water partition coefficient (Wildman–Crippen LogP) is 2.92. The van der Waals surface area contributed by atoms with Crippen LogP contribution in [0, 0.1) is 17.1 Å². The number of morpholine rings is 1. The SMILES string of the molecule is CNC(CF)C(=O)N[C@H]1N=CC(c2cccc(C#N)c2)N(Cc2cc(C(=O)c3ccc(F)cc3)cc(N3CCOCC3)c2)C1=O. The van der Waals surface area contributed by atoms with Crippen molar-refractivity contribution in [3.05, 3.63) is 100 Å². The van der Waals surface area contributed by atoms with E-state index in [4.69, 9.17) is 4.74 Å². The normalized spacial score (nSPS) is 18.8. The molecule has 5 rings (SSSR count). The summed E-state index contributed by atoms with van der Waals surface area (Å²) in [6.07, 6.45) is 0.210. The Morgan fingerprint density at radius 1 is 1.09 bits per heavy atom. The van der Waals surface area contributed by atoms with Crippen LogP contribution in [-0.4, -0.2) is 80.9 Å². The lowest BCUT2D eigenvalue weighted by atomic mass is 9.98. The summed E-state index contributed by atoms with van der Waals surface area (Å²) >= 11 is 0.